The summed E-state index contributed by atoms with van der Waals surface area (Å²) in [7, 11) is 0. The van der Waals surface area contributed by atoms with E-state index >= 15 is 0 Å². The van der Waals surface area contributed by atoms with Gasteiger partial charge in [0.25, 0.3) is 0 Å². The molecule has 1 heterocycles. The quantitative estimate of drug-likeness (QED) is 0.794. The van der Waals surface area contributed by atoms with E-state index in [-0.39, 0.29) is 4.75 Å². The van der Waals surface area contributed by atoms with Crippen molar-refractivity contribution in [3.05, 3.63) is 34.3 Å². The third kappa shape index (κ3) is 2.36. The van der Waals surface area contributed by atoms with Crippen LogP contribution in [0.25, 0.3) is 0 Å². The Labute approximate surface area is 106 Å². The molecule has 3 heteroatoms. The highest BCUT2D eigenvalue weighted by atomic mass is 35.5. The average molecular weight is 252 g/mol. The van der Waals surface area contributed by atoms with E-state index in [1.54, 1.807) is 11.8 Å². The van der Waals surface area contributed by atoms with Crippen molar-refractivity contribution in [3.63, 3.8) is 0 Å². The molecule has 0 bridgehead atoms. The summed E-state index contributed by atoms with van der Waals surface area (Å²) in [5, 5.41) is 10.1. The van der Waals surface area contributed by atoms with Crippen LogP contribution in [-0.4, -0.2) is 10.5 Å². The van der Waals surface area contributed by atoms with Crippen LogP contribution in [0.1, 0.15) is 24.0 Å². The van der Waals surface area contributed by atoms with E-state index in [9.17, 15) is 5.26 Å². The van der Waals surface area contributed by atoms with E-state index in [1.165, 1.54) is 5.56 Å². The normalized spacial score (nSPS) is 24.3. The van der Waals surface area contributed by atoms with Gasteiger partial charge in [-0.2, -0.15) is 5.26 Å². The van der Waals surface area contributed by atoms with Gasteiger partial charge in [-0.05, 0) is 42.7 Å². The first-order chi connectivity index (χ1) is 7.65. The third-order valence-corrected chi connectivity index (χ3v) is 4.83. The van der Waals surface area contributed by atoms with Gasteiger partial charge < -0.3 is 0 Å². The van der Waals surface area contributed by atoms with Crippen LogP contribution in [0.3, 0.4) is 0 Å². The van der Waals surface area contributed by atoms with Gasteiger partial charge in [-0.1, -0.05) is 23.7 Å². The summed E-state index contributed by atoms with van der Waals surface area (Å²) in [5.74, 6) is 1.09. The Morgan fingerprint density at radius 2 is 2.38 bits per heavy atom. The number of aryl methyl sites for hydroxylation is 1. The van der Waals surface area contributed by atoms with E-state index < -0.39 is 0 Å². The molecule has 1 atom stereocenters. The molecule has 0 aromatic heterocycles. The average Bonchev–Trinajstić information content (AvgIpc) is 2.72. The standard InChI is InChI=1S/C13H14ClNS/c1-10-3-4-11(12(14)7-10)8-13(9-15)5-2-6-16-13/h3-4,7H,2,5-6,8H2,1H3. The number of nitriles is 1. The largest absolute Gasteiger partial charge is 0.197 e. The Balaban J connectivity index is 2.23. The minimum Gasteiger partial charge on any atom is -0.197 e. The van der Waals surface area contributed by atoms with E-state index in [1.807, 2.05) is 13.0 Å². The Morgan fingerprint density at radius 1 is 1.56 bits per heavy atom. The van der Waals surface area contributed by atoms with Gasteiger partial charge in [-0.25, -0.2) is 0 Å². The van der Waals surface area contributed by atoms with E-state index in [0.717, 1.165) is 35.6 Å². The Hall–Kier alpha value is -0.650. The molecule has 1 aromatic carbocycles. The fraction of sp³-hybridized carbons (Fsp3) is 0.462. The third-order valence-electron chi connectivity index (χ3n) is 2.99. The first kappa shape index (κ1) is 11.8. The maximum atomic E-state index is 9.31. The van der Waals surface area contributed by atoms with Crippen LogP contribution in [0.15, 0.2) is 18.2 Å². The fourth-order valence-corrected chi connectivity index (χ4v) is 3.66. The molecule has 1 aliphatic rings. The van der Waals surface area contributed by atoms with Crippen LogP contribution >= 0.6 is 23.4 Å². The number of hydrogen-bond acceptors (Lipinski definition) is 2. The lowest BCUT2D eigenvalue weighted by Crippen LogP contribution is -2.21. The van der Waals surface area contributed by atoms with Gasteiger partial charge in [-0.15, -0.1) is 11.8 Å². The van der Waals surface area contributed by atoms with Crippen LogP contribution in [0.5, 0.6) is 0 Å². The summed E-state index contributed by atoms with van der Waals surface area (Å²) in [5.41, 5.74) is 2.27. The van der Waals surface area contributed by atoms with Crippen LogP contribution in [0.4, 0.5) is 0 Å². The molecule has 1 aromatic rings. The molecule has 0 saturated carbocycles. The summed E-state index contributed by atoms with van der Waals surface area (Å²) < 4.78 is -0.237. The second-order valence-corrected chi connectivity index (χ2v) is 6.22. The van der Waals surface area contributed by atoms with Gasteiger partial charge in [0.2, 0.25) is 0 Å². The predicted molar refractivity (Wildman–Crippen MR) is 69.9 cm³/mol. The second kappa shape index (κ2) is 4.69. The maximum absolute atomic E-state index is 9.31. The minimum absolute atomic E-state index is 0.237. The summed E-state index contributed by atoms with van der Waals surface area (Å²) in [6.45, 7) is 2.03. The Kier molecular flexibility index (Phi) is 3.47. The van der Waals surface area contributed by atoms with Crippen LogP contribution < -0.4 is 0 Å². The van der Waals surface area contributed by atoms with Crippen molar-refractivity contribution in [2.24, 2.45) is 0 Å². The number of hydrogen-bond donors (Lipinski definition) is 0. The maximum Gasteiger partial charge on any atom is 0.106 e. The smallest absolute Gasteiger partial charge is 0.106 e. The van der Waals surface area contributed by atoms with Gasteiger partial charge in [-0.3, -0.25) is 0 Å². The summed E-state index contributed by atoms with van der Waals surface area (Å²) >= 11 is 7.99. The number of thioether (sulfide) groups is 1. The molecule has 1 unspecified atom stereocenters. The van der Waals surface area contributed by atoms with Gasteiger partial charge in [0.05, 0.1) is 6.07 Å². The summed E-state index contributed by atoms with van der Waals surface area (Å²) in [4.78, 5) is 0. The molecular formula is C13H14ClNS. The second-order valence-electron chi connectivity index (χ2n) is 4.33. The van der Waals surface area contributed by atoms with Gasteiger partial charge in [0, 0.05) is 11.4 Å². The molecule has 2 rings (SSSR count). The lowest BCUT2D eigenvalue weighted by Gasteiger charge is -2.20. The molecule has 1 saturated heterocycles. The van der Waals surface area contributed by atoms with Crippen LogP contribution in [0.2, 0.25) is 5.02 Å². The van der Waals surface area contributed by atoms with Gasteiger partial charge >= 0.3 is 0 Å². The van der Waals surface area contributed by atoms with Gasteiger partial charge in [0.1, 0.15) is 4.75 Å². The monoisotopic (exact) mass is 251 g/mol. The fourth-order valence-electron chi connectivity index (χ4n) is 2.07. The molecule has 0 N–H and O–H groups in total. The van der Waals surface area contributed by atoms with Crippen molar-refractivity contribution in [2.45, 2.75) is 30.9 Å². The zero-order valence-corrected chi connectivity index (χ0v) is 10.9. The first-order valence-corrected chi connectivity index (χ1v) is 6.82. The molecule has 1 aliphatic heterocycles. The van der Waals surface area contributed by atoms with Crippen molar-refractivity contribution in [1.82, 2.24) is 0 Å². The number of benzene rings is 1. The van der Waals surface area contributed by atoms with Crippen molar-refractivity contribution in [2.75, 3.05) is 5.75 Å². The lowest BCUT2D eigenvalue weighted by atomic mass is 9.95. The number of nitrogens with zero attached hydrogens (tertiary/aromatic N) is 1. The van der Waals surface area contributed by atoms with Crippen molar-refractivity contribution in [1.29, 1.82) is 5.26 Å². The molecule has 16 heavy (non-hydrogen) atoms. The number of halogens is 1. The van der Waals surface area contributed by atoms with E-state index in [2.05, 4.69) is 18.2 Å². The summed E-state index contributed by atoms with van der Waals surface area (Å²) in [6.07, 6.45) is 2.90. The minimum atomic E-state index is -0.237. The zero-order chi connectivity index (χ0) is 11.6. The van der Waals surface area contributed by atoms with Crippen molar-refractivity contribution >= 4 is 23.4 Å². The zero-order valence-electron chi connectivity index (χ0n) is 9.29. The van der Waals surface area contributed by atoms with Crippen LogP contribution in [-0.2, 0) is 6.42 Å². The molecule has 1 fully saturated rings. The predicted octanol–water partition coefficient (Wildman–Crippen LogP) is 3.98. The molecular weight excluding hydrogens is 238 g/mol. The highest BCUT2D eigenvalue weighted by Crippen LogP contribution is 2.41. The highest BCUT2D eigenvalue weighted by molar-refractivity contribution is 8.01. The molecule has 0 radical (unpaired) electrons. The molecule has 84 valence electrons. The van der Waals surface area contributed by atoms with E-state index in [4.69, 9.17) is 11.6 Å². The molecule has 1 nitrogen and oxygen atoms in total. The van der Waals surface area contributed by atoms with Crippen molar-refractivity contribution in [3.8, 4) is 6.07 Å². The van der Waals surface area contributed by atoms with E-state index in [0.29, 0.717) is 0 Å². The Morgan fingerprint density at radius 3 is 2.94 bits per heavy atom. The van der Waals surface area contributed by atoms with Crippen LogP contribution in [0, 0.1) is 18.3 Å². The lowest BCUT2D eigenvalue weighted by molar-refractivity contribution is 0.672. The topological polar surface area (TPSA) is 23.8 Å². The van der Waals surface area contributed by atoms with Gasteiger partial charge in [0.15, 0.2) is 0 Å². The summed E-state index contributed by atoms with van der Waals surface area (Å²) in [6, 6.07) is 8.56. The molecule has 0 amide bonds. The molecule has 0 aliphatic carbocycles. The molecule has 0 spiro atoms. The SMILES string of the molecule is Cc1ccc(CC2(C#N)CCCS2)c(Cl)c1. The van der Waals surface area contributed by atoms with Crippen molar-refractivity contribution < 1.29 is 0 Å². The highest BCUT2D eigenvalue weighted by Gasteiger charge is 2.35. The first-order valence-electron chi connectivity index (χ1n) is 5.45. The number of rotatable bonds is 2. The Bertz CT molecular complexity index is 430.